The van der Waals surface area contributed by atoms with Crippen LogP contribution in [0.25, 0.3) is 22.4 Å². The Kier molecular flexibility index (Phi) is 6.84. The maximum absolute atomic E-state index is 13.5. The summed E-state index contributed by atoms with van der Waals surface area (Å²) in [5.74, 6) is 0.398. The molecule has 192 valence electrons. The maximum Gasteiger partial charge on any atom is 0.267 e. The van der Waals surface area contributed by atoms with Gasteiger partial charge in [0.25, 0.3) is 11.5 Å². The van der Waals surface area contributed by atoms with E-state index in [0.717, 1.165) is 0 Å². The van der Waals surface area contributed by atoms with Gasteiger partial charge in [-0.15, -0.1) is 10.2 Å². The van der Waals surface area contributed by atoms with Crippen LogP contribution in [-0.4, -0.2) is 50.4 Å². The fourth-order valence-corrected chi connectivity index (χ4v) is 4.93. The molecule has 2 amide bonds. The van der Waals surface area contributed by atoms with Crippen LogP contribution < -0.4 is 20.9 Å². The van der Waals surface area contributed by atoms with E-state index in [4.69, 9.17) is 4.74 Å². The van der Waals surface area contributed by atoms with Crippen LogP contribution in [0.4, 0.5) is 5.69 Å². The number of amides is 2. The molecule has 0 radical (unpaired) electrons. The molecule has 0 fully saturated rings. The number of carbonyl (C=O) groups excluding carboxylic acids is 2. The van der Waals surface area contributed by atoms with Gasteiger partial charge in [-0.25, -0.2) is 4.57 Å². The zero-order valence-electron chi connectivity index (χ0n) is 20.8. The molecule has 2 aromatic heterocycles. The van der Waals surface area contributed by atoms with E-state index in [1.807, 2.05) is 12.1 Å². The van der Waals surface area contributed by atoms with Crippen molar-refractivity contribution in [2.45, 2.75) is 17.3 Å². The summed E-state index contributed by atoms with van der Waals surface area (Å²) < 4.78 is 8.60. The molecule has 2 heterocycles. The van der Waals surface area contributed by atoms with Gasteiger partial charge in [0.05, 0.1) is 29.0 Å². The van der Waals surface area contributed by atoms with Crippen LogP contribution in [0.3, 0.4) is 0 Å². The quantitative estimate of drug-likeness (QED) is 0.310. The number of carbonyl (C=O) groups is 2. The average molecular weight is 529 g/mol. The van der Waals surface area contributed by atoms with Crippen molar-refractivity contribution in [2.24, 2.45) is 0 Å². The molecule has 1 unspecified atom stereocenters. The number of aromatic nitrogens is 4. The highest BCUT2D eigenvalue weighted by atomic mass is 32.2. The lowest BCUT2D eigenvalue weighted by atomic mass is 10.2. The van der Waals surface area contributed by atoms with Gasteiger partial charge in [0.1, 0.15) is 5.75 Å². The molecule has 38 heavy (non-hydrogen) atoms. The van der Waals surface area contributed by atoms with Gasteiger partial charge < -0.3 is 15.4 Å². The summed E-state index contributed by atoms with van der Waals surface area (Å²) in [7, 11) is 3.11. The Labute approximate surface area is 221 Å². The van der Waals surface area contributed by atoms with Gasteiger partial charge in [-0.05, 0) is 49.4 Å². The van der Waals surface area contributed by atoms with Gasteiger partial charge in [0, 0.05) is 24.4 Å². The van der Waals surface area contributed by atoms with Crippen molar-refractivity contribution in [1.29, 1.82) is 0 Å². The molecular formula is C27H24N6O4S. The minimum Gasteiger partial charge on any atom is -0.497 e. The first-order valence-electron chi connectivity index (χ1n) is 11.7. The molecule has 0 aliphatic rings. The van der Waals surface area contributed by atoms with Crippen LogP contribution in [0.1, 0.15) is 17.3 Å². The second-order valence-corrected chi connectivity index (χ2v) is 9.69. The SMILES string of the molecule is CNC(=O)c1cccc(NC(=O)C(C)Sc2nnc3n(-c4cccc(OC)c4)c(=O)c4ccccc4n23)c1. The topological polar surface area (TPSA) is 120 Å². The number of thioether (sulfide) groups is 1. The molecule has 0 saturated heterocycles. The molecular weight excluding hydrogens is 504 g/mol. The zero-order chi connectivity index (χ0) is 26.8. The smallest absolute Gasteiger partial charge is 0.267 e. The normalized spacial score (nSPS) is 11.9. The predicted molar refractivity (Wildman–Crippen MR) is 146 cm³/mol. The van der Waals surface area contributed by atoms with Crippen LogP contribution in [0.15, 0.2) is 82.7 Å². The predicted octanol–water partition coefficient (Wildman–Crippen LogP) is 3.52. The molecule has 0 aliphatic carbocycles. The summed E-state index contributed by atoms with van der Waals surface area (Å²) in [5, 5.41) is 14.5. The Morgan fingerprint density at radius 1 is 1.00 bits per heavy atom. The Hall–Kier alpha value is -4.64. The van der Waals surface area contributed by atoms with Crippen molar-refractivity contribution in [3.05, 3.63) is 88.7 Å². The molecule has 5 aromatic rings. The zero-order valence-corrected chi connectivity index (χ0v) is 21.7. The molecule has 1 atom stereocenters. The van der Waals surface area contributed by atoms with Gasteiger partial charge in [-0.3, -0.25) is 18.8 Å². The third-order valence-electron chi connectivity index (χ3n) is 5.98. The first-order chi connectivity index (χ1) is 18.4. The largest absolute Gasteiger partial charge is 0.497 e. The average Bonchev–Trinajstić information content (AvgIpc) is 3.36. The number of methoxy groups -OCH3 is 1. The number of hydrogen-bond acceptors (Lipinski definition) is 7. The van der Waals surface area contributed by atoms with Crippen LogP contribution in [0.2, 0.25) is 0 Å². The van der Waals surface area contributed by atoms with Crippen LogP contribution >= 0.6 is 11.8 Å². The van der Waals surface area contributed by atoms with Crippen molar-refractivity contribution in [2.75, 3.05) is 19.5 Å². The number of benzene rings is 3. The summed E-state index contributed by atoms with van der Waals surface area (Å²) in [4.78, 5) is 38.5. The lowest BCUT2D eigenvalue weighted by molar-refractivity contribution is -0.115. The number of rotatable bonds is 7. The summed E-state index contributed by atoms with van der Waals surface area (Å²) in [5.41, 5.74) is 1.91. The maximum atomic E-state index is 13.5. The van der Waals surface area contributed by atoms with E-state index >= 15 is 0 Å². The molecule has 2 N–H and O–H groups in total. The first kappa shape index (κ1) is 25.0. The van der Waals surface area contributed by atoms with Crippen molar-refractivity contribution in [3.8, 4) is 11.4 Å². The minimum atomic E-state index is -0.568. The number of ether oxygens (including phenoxy) is 1. The monoisotopic (exact) mass is 528 g/mol. The molecule has 10 nitrogen and oxygen atoms in total. The summed E-state index contributed by atoms with van der Waals surface area (Å²) >= 11 is 1.21. The second kappa shape index (κ2) is 10.4. The van der Waals surface area contributed by atoms with Gasteiger partial charge in [0.15, 0.2) is 5.16 Å². The van der Waals surface area contributed by atoms with E-state index in [9.17, 15) is 14.4 Å². The molecule has 0 spiro atoms. The van der Waals surface area contributed by atoms with E-state index in [1.54, 1.807) is 86.1 Å². The molecule has 0 aliphatic heterocycles. The second-order valence-electron chi connectivity index (χ2n) is 8.39. The van der Waals surface area contributed by atoms with Gasteiger partial charge in [0.2, 0.25) is 11.7 Å². The van der Waals surface area contributed by atoms with E-state index in [2.05, 4.69) is 20.8 Å². The Balaban J connectivity index is 1.53. The fourth-order valence-electron chi connectivity index (χ4n) is 4.08. The highest BCUT2D eigenvalue weighted by Gasteiger charge is 2.22. The van der Waals surface area contributed by atoms with Crippen LogP contribution in [-0.2, 0) is 4.79 Å². The lowest BCUT2D eigenvalue weighted by Gasteiger charge is -2.14. The fraction of sp³-hybridized carbons (Fsp3) is 0.148. The molecule has 5 rings (SSSR count). The van der Waals surface area contributed by atoms with Crippen LogP contribution in [0, 0.1) is 0 Å². The molecule has 3 aromatic carbocycles. The van der Waals surface area contributed by atoms with Gasteiger partial charge in [-0.2, -0.15) is 0 Å². The van der Waals surface area contributed by atoms with E-state index in [1.165, 1.54) is 16.3 Å². The third kappa shape index (κ3) is 4.59. The van der Waals surface area contributed by atoms with E-state index < -0.39 is 5.25 Å². The third-order valence-corrected chi connectivity index (χ3v) is 7.02. The molecule has 0 bridgehead atoms. The number of para-hydroxylation sites is 1. The summed E-state index contributed by atoms with van der Waals surface area (Å²) in [6, 6.07) is 21.0. The minimum absolute atomic E-state index is 0.243. The Bertz CT molecular complexity index is 1750. The van der Waals surface area contributed by atoms with Crippen molar-refractivity contribution >= 4 is 45.9 Å². The lowest BCUT2D eigenvalue weighted by Crippen LogP contribution is -2.24. The van der Waals surface area contributed by atoms with Gasteiger partial charge in [-0.1, -0.05) is 36.0 Å². The number of anilines is 1. The highest BCUT2D eigenvalue weighted by molar-refractivity contribution is 8.00. The Morgan fingerprint density at radius 2 is 1.79 bits per heavy atom. The van der Waals surface area contributed by atoms with E-state index in [-0.39, 0.29) is 17.4 Å². The van der Waals surface area contributed by atoms with Crippen molar-refractivity contribution in [1.82, 2.24) is 24.5 Å². The number of fused-ring (bicyclic) bond motifs is 3. The number of hydrogen-bond donors (Lipinski definition) is 2. The first-order valence-corrected chi connectivity index (χ1v) is 12.6. The van der Waals surface area contributed by atoms with Crippen molar-refractivity contribution < 1.29 is 14.3 Å². The van der Waals surface area contributed by atoms with E-state index in [0.29, 0.717) is 44.5 Å². The summed E-state index contributed by atoms with van der Waals surface area (Å²) in [6.07, 6.45) is 0. The Morgan fingerprint density at radius 3 is 2.58 bits per heavy atom. The molecule has 11 heteroatoms. The highest BCUT2D eigenvalue weighted by Crippen LogP contribution is 2.27. The van der Waals surface area contributed by atoms with Crippen LogP contribution in [0.5, 0.6) is 5.75 Å². The number of nitrogens with one attached hydrogen (secondary N) is 2. The molecule has 0 saturated carbocycles. The standard InChI is InChI=1S/C27H24N6O4S/c1-16(23(34)29-18-9-6-8-17(14-18)24(35)28-2)38-27-31-30-26-32(19-10-7-11-20(15-19)37-3)25(36)21-12-4-5-13-22(21)33(26)27/h4-16H,1-3H3,(H,28,35)(H,29,34). The summed E-state index contributed by atoms with van der Waals surface area (Å²) in [6.45, 7) is 1.75. The van der Waals surface area contributed by atoms with Crippen molar-refractivity contribution in [3.63, 3.8) is 0 Å². The number of nitrogens with zero attached hydrogens (tertiary/aromatic N) is 4. The van der Waals surface area contributed by atoms with Gasteiger partial charge >= 0.3 is 0 Å².